The first-order valence-electron chi connectivity index (χ1n) is 6.64. The molecule has 2 nitrogen and oxygen atoms in total. The van der Waals surface area contributed by atoms with Crippen LogP contribution in [0.2, 0.25) is 0 Å². The smallest absolute Gasteiger partial charge is 0.0618 e. The summed E-state index contributed by atoms with van der Waals surface area (Å²) in [5.41, 5.74) is -0.217. The molecule has 19 heavy (non-hydrogen) atoms. The maximum atomic E-state index is 9.49. The highest BCUT2D eigenvalue weighted by Gasteiger charge is 2.21. The lowest BCUT2D eigenvalue weighted by Gasteiger charge is -2.27. The first kappa shape index (κ1) is 14.4. The van der Waals surface area contributed by atoms with Gasteiger partial charge in [0.05, 0.1) is 6.61 Å². The zero-order chi connectivity index (χ0) is 13.7. The van der Waals surface area contributed by atoms with Crippen LogP contribution in [-0.2, 0) is 0 Å². The number of aliphatic hydroxyl groups is 1. The molecular formula is C16H21NOS. The van der Waals surface area contributed by atoms with E-state index >= 15 is 0 Å². The highest BCUT2D eigenvalue weighted by Crippen LogP contribution is 2.26. The van der Waals surface area contributed by atoms with Crippen LogP contribution < -0.4 is 5.32 Å². The number of benzene rings is 2. The molecule has 0 heterocycles. The van der Waals surface area contributed by atoms with Crippen molar-refractivity contribution in [3.8, 4) is 0 Å². The van der Waals surface area contributed by atoms with Crippen molar-refractivity contribution in [1.82, 2.24) is 5.32 Å². The fraction of sp³-hybridized carbons (Fsp3) is 0.375. The van der Waals surface area contributed by atoms with Crippen LogP contribution in [0.25, 0.3) is 10.8 Å². The van der Waals surface area contributed by atoms with E-state index in [1.54, 1.807) is 11.8 Å². The second kappa shape index (κ2) is 6.42. The van der Waals surface area contributed by atoms with Crippen LogP contribution in [0.15, 0.2) is 47.4 Å². The maximum absolute atomic E-state index is 9.49. The summed E-state index contributed by atoms with van der Waals surface area (Å²) in [6, 6.07) is 14.9. The van der Waals surface area contributed by atoms with E-state index in [0.717, 1.165) is 12.3 Å². The monoisotopic (exact) mass is 275 g/mol. The third-order valence-corrected chi connectivity index (χ3v) is 4.60. The molecule has 2 N–H and O–H groups in total. The third kappa shape index (κ3) is 3.72. The molecule has 0 radical (unpaired) electrons. The Bertz CT molecular complexity index is 543. The van der Waals surface area contributed by atoms with Crippen molar-refractivity contribution < 1.29 is 5.11 Å². The molecule has 0 aliphatic rings. The van der Waals surface area contributed by atoms with Gasteiger partial charge >= 0.3 is 0 Å². The van der Waals surface area contributed by atoms with Gasteiger partial charge in [-0.25, -0.2) is 0 Å². The lowest BCUT2D eigenvalue weighted by Crippen LogP contribution is -2.47. The van der Waals surface area contributed by atoms with E-state index in [-0.39, 0.29) is 12.1 Å². The van der Waals surface area contributed by atoms with Gasteiger partial charge in [0.2, 0.25) is 0 Å². The molecule has 0 fully saturated rings. The summed E-state index contributed by atoms with van der Waals surface area (Å²) in [6.07, 6.45) is 0. The van der Waals surface area contributed by atoms with Gasteiger partial charge in [0.1, 0.15) is 0 Å². The molecule has 2 aromatic rings. The van der Waals surface area contributed by atoms with Gasteiger partial charge in [-0.15, -0.1) is 11.8 Å². The van der Waals surface area contributed by atoms with Crippen LogP contribution in [0.1, 0.15) is 13.8 Å². The van der Waals surface area contributed by atoms with Crippen molar-refractivity contribution in [1.29, 1.82) is 0 Å². The van der Waals surface area contributed by atoms with E-state index < -0.39 is 0 Å². The zero-order valence-corrected chi connectivity index (χ0v) is 12.3. The molecule has 1 unspecified atom stereocenters. The standard InChI is InChI=1S/C16H21NOS/c1-3-17-16(2,11-18)12-19-15-9-8-13-6-4-5-7-14(13)10-15/h4-10,17-18H,3,11-12H2,1-2H3. The fourth-order valence-electron chi connectivity index (χ4n) is 2.08. The van der Waals surface area contributed by atoms with Gasteiger partial charge in [0.15, 0.2) is 0 Å². The Hall–Kier alpha value is -1.03. The topological polar surface area (TPSA) is 32.3 Å². The lowest BCUT2D eigenvalue weighted by atomic mass is 10.1. The van der Waals surface area contributed by atoms with E-state index in [0.29, 0.717) is 0 Å². The number of likely N-dealkylation sites (N-methyl/N-ethyl adjacent to an activating group) is 1. The molecule has 0 aliphatic carbocycles. The normalized spacial score (nSPS) is 14.5. The first-order chi connectivity index (χ1) is 9.17. The summed E-state index contributed by atoms with van der Waals surface area (Å²) in [7, 11) is 0. The molecule has 0 saturated carbocycles. The van der Waals surface area contributed by atoms with Crippen molar-refractivity contribution in [3.05, 3.63) is 42.5 Å². The quantitative estimate of drug-likeness (QED) is 0.793. The van der Waals surface area contributed by atoms with Crippen molar-refractivity contribution in [3.63, 3.8) is 0 Å². The number of nitrogens with one attached hydrogen (secondary N) is 1. The number of hydrogen-bond acceptors (Lipinski definition) is 3. The Morgan fingerprint density at radius 3 is 2.58 bits per heavy atom. The van der Waals surface area contributed by atoms with Gasteiger partial charge in [-0.2, -0.15) is 0 Å². The SMILES string of the molecule is CCNC(C)(CO)CSc1ccc2ccccc2c1. The predicted molar refractivity (Wildman–Crippen MR) is 83.8 cm³/mol. The van der Waals surface area contributed by atoms with Crippen LogP contribution in [0.3, 0.4) is 0 Å². The molecule has 102 valence electrons. The largest absolute Gasteiger partial charge is 0.394 e. The highest BCUT2D eigenvalue weighted by atomic mass is 32.2. The van der Waals surface area contributed by atoms with E-state index in [9.17, 15) is 5.11 Å². The highest BCUT2D eigenvalue weighted by molar-refractivity contribution is 7.99. The summed E-state index contributed by atoms with van der Waals surface area (Å²) in [5.74, 6) is 0.857. The van der Waals surface area contributed by atoms with Crippen LogP contribution in [0.4, 0.5) is 0 Å². The van der Waals surface area contributed by atoms with E-state index in [1.807, 2.05) is 0 Å². The van der Waals surface area contributed by atoms with Gasteiger partial charge in [-0.1, -0.05) is 37.3 Å². The molecule has 2 rings (SSSR count). The van der Waals surface area contributed by atoms with Gasteiger partial charge in [0, 0.05) is 16.2 Å². The van der Waals surface area contributed by atoms with Gasteiger partial charge < -0.3 is 10.4 Å². The summed E-state index contributed by atoms with van der Waals surface area (Å²) < 4.78 is 0. The van der Waals surface area contributed by atoms with Gasteiger partial charge in [-0.3, -0.25) is 0 Å². The lowest BCUT2D eigenvalue weighted by molar-refractivity contribution is 0.194. The number of rotatable bonds is 6. The molecule has 0 aromatic heterocycles. The first-order valence-corrected chi connectivity index (χ1v) is 7.63. The summed E-state index contributed by atoms with van der Waals surface area (Å²) in [6.45, 7) is 5.15. The Morgan fingerprint density at radius 2 is 1.89 bits per heavy atom. The van der Waals surface area contributed by atoms with E-state index in [4.69, 9.17) is 0 Å². The molecule has 0 saturated heterocycles. The Balaban J connectivity index is 2.09. The van der Waals surface area contributed by atoms with Crippen molar-refractivity contribution in [2.45, 2.75) is 24.3 Å². The molecule has 0 amide bonds. The maximum Gasteiger partial charge on any atom is 0.0618 e. The second-order valence-corrected chi connectivity index (χ2v) is 6.10. The van der Waals surface area contributed by atoms with Crippen LogP contribution in [0, 0.1) is 0 Å². The van der Waals surface area contributed by atoms with Gasteiger partial charge in [-0.05, 0) is 36.4 Å². The average Bonchev–Trinajstić information content (AvgIpc) is 2.45. The molecule has 2 aromatic carbocycles. The molecule has 0 aliphatic heterocycles. The molecule has 0 spiro atoms. The van der Waals surface area contributed by atoms with Crippen molar-refractivity contribution in [2.24, 2.45) is 0 Å². The number of thioether (sulfide) groups is 1. The molecule has 3 heteroatoms. The zero-order valence-electron chi connectivity index (χ0n) is 11.5. The Morgan fingerprint density at radius 1 is 1.16 bits per heavy atom. The summed E-state index contributed by atoms with van der Waals surface area (Å²) in [4.78, 5) is 1.25. The number of hydrogen-bond donors (Lipinski definition) is 2. The average molecular weight is 275 g/mol. The second-order valence-electron chi connectivity index (χ2n) is 5.05. The van der Waals surface area contributed by atoms with Crippen LogP contribution >= 0.6 is 11.8 Å². The van der Waals surface area contributed by atoms with Crippen LogP contribution in [-0.4, -0.2) is 29.5 Å². The van der Waals surface area contributed by atoms with Crippen molar-refractivity contribution in [2.75, 3.05) is 18.9 Å². The summed E-state index contributed by atoms with van der Waals surface area (Å²) in [5, 5.41) is 15.4. The van der Waals surface area contributed by atoms with Crippen LogP contribution in [0.5, 0.6) is 0 Å². The van der Waals surface area contributed by atoms with Crippen molar-refractivity contribution >= 4 is 22.5 Å². The predicted octanol–water partition coefficient (Wildman–Crippen LogP) is 3.29. The minimum absolute atomic E-state index is 0.154. The van der Waals surface area contributed by atoms with E-state index in [2.05, 4.69) is 61.6 Å². The summed E-state index contributed by atoms with van der Waals surface area (Å²) >= 11 is 1.78. The fourth-order valence-corrected chi connectivity index (χ4v) is 3.13. The molecule has 0 bridgehead atoms. The number of aliphatic hydroxyl groups excluding tert-OH is 1. The number of fused-ring (bicyclic) bond motifs is 1. The Labute approximate surface area is 119 Å². The minimum atomic E-state index is -0.217. The van der Waals surface area contributed by atoms with E-state index in [1.165, 1.54) is 15.7 Å². The third-order valence-electron chi connectivity index (χ3n) is 3.23. The van der Waals surface area contributed by atoms with Gasteiger partial charge in [0.25, 0.3) is 0 Å². The molecule has 1 atom stereocenters. The Kier molecular flexibility index (Phi) is 4.86. The molecular weight excluding hydrogens is 254 g/mol. The minimum Gasteiger partial charge on any atom is -0.394 e.